The van der Waals surface area contributed by atoms with Gasteiger partial charge in [0.1, 0.15) is 0 Å². The second kappa shape index (κ2) is 4.91. The maximum absolute atomic E-state index is 5.96. The van der Waals surface area contributed by atoms with Gasteiger partial charge in [-0.1, -0.05) is 35.7 Å². The molecule has 0 aliphatic rings. The van der Waals surface area contributed by atoms with Crippen LogP contribution in [0.5, 0.6) is 0 Å². The van der Waals surface area contributed by atoms with E-state index in [1.807, 2.05) is 31.2 Å². The first-order valence-electron chi connectivity index (χ1n) is 4.17. The summed E-state index contributed by atoms with van der Waals surface area (Å²) in [6.45, 7) is 2.65. The predicted octanol–water partition coefficient (Wildman–Crippen LogP) is 2.45. The summed E-state index contributed by atoms with van der Waals surface area (Å²) in [7, 11) is 0. The van der Waals surface area contributed by atoms with Gasteiger partial charge in [-0.2, -0.15) is 0 Å². The van der Waals surface area contributed by atoms with E-state index >= 15 is 0 Å². The van der Waals surface area contributed by atoms with Crippen LogP contribution in [-0.2, 0) is 6.54 Å². The Labute approximate surface area is 84.1 Å². The van der Waals surface area contributed by atoms with Crippen LogP contribution in [0, 0.1) is 12.3 Å². The van der Waals surface area contributed by atoms with E-state index in [1.165, 1.54) is 0 Å². The monoisotopic (exact) mass is 193 g/mol. The Balaban J connectivity index is 2.56. The number of hydrogen-bond acceptors (Lipinski definition) is 1. The molecule has 1 atom stereocenters. The van der Waals surface area contributed by atoms with Crippen molar-refractivity contribution in [2.45, 2.75) is 19.5 Å². The van der Waals surface area contributed by atoms with E-state index in [1.54, 1.807) is 0 Å². The van der Waals surface area contributed by atoms with Crippen molar-refractivity contribution in [2.24, 2.45) is 0 Å². The summed E-state index contributed by atoms with van der Waals surface area (Å²) in [5.41, 5.74) is 1.08. The summed E-state index contributed by atoms with van der Waals surface area (Å²) >= 11 is 5.96. The van der Waals surface area contributed by atoms with E-state index in [0.29, 0.717) is 6.54 Å². The lowest BCUT2D eigenvalue weighted by molar-refractivity contribution is 0.648. The Morgan fingerprint density at radius 3 is 2.85 bits per heavy atom. The molecule has 1 N–H and O–H groups in total. The average molecular weight is 194 g/mol. The van der Waals surface area contributed by atoms with Crippen molar-refractivity contribution in [3.63, 3.8) is 0 Å². The largest absolute Gasteiger partial charge is 0.300 e. The molecular formula is C11H12ClN. The highest BCUT2D eigenvalue weighted by Gasteiger charge is 1.99. The second-order valence-corrected chi connectivity index (χ2v) is 3.27. The third-order valence-corrected chi connectivity index (χ3v) is 2.18. The molecule has 0 spiro atoms. The lowest BCUT2D eigenvalue weighted by atomic mass is 10.2. The molecule has 0 aliphatic carbocycles. The molecule has 0 saturated heterocycles. The van der Waals surface area contributed by atoms with E-state index in [4.69, 9.17) is 18.0 Å². The molecule has 1 aromatic rings. The van der Waals surface area contributed by atoms with Crippen molar-refractivity contribution in [1.82, 2.24) is 5.32 Å². The third kappa shape index (κ3) is 3.10. The van der Waals surface area contributed by atoms with Gasteiger partial charge in [0, 0.05) is 11.6 Å². The molecule has 1 aromatic carbocycles. The lowest BCUT2D eigenvalue weighted by Gasteiger charge is -2.08. The average Bonchev–Trinajstić information content (AvgIpc) is 2.16. The molecule has 0 saturated carbocycles. The fourth-order valence-corrected chi connectivity index (χ4v) is 1.17. The van der Waals surface area contributed by atoms with Crippen LogP contribution in [0.1, 0.15) is 12.5 Å². The molecule has 0 heterocycles. The summed E-state index contributed by atoms with van der Waals surface area (Å²) in [4.78, 5) is 0. The molecule has 0 fully saturated rings. The lowest BCUT2D eigenvalue weighted by Crippen LogP contribution is -2.23. The third-order valence-electron chi connectivity index (χ3n) is 1.81. The number of hydrogen-bond donors (Lipinski definition) is 1. The standard InChI is InChI=1S/C11H12ClN/c1-3-9(2)13-8-10-6-4-5-7-11(10)12/h1,4-7,9,13H,8H2,2H3. The van der Waals surface area contributed by atoms with Crippen LogP contribution in [0.4, 0.5) is 0 Å². The van der Waals surface area contributed by atoms with E-state index in [0.717, 1.165) is 10.6 Å². The minimum absolute atomic E-state index is 0.0799. The molecule has 0 radical (unpaired) electrons. The highest BCUT2D eigenvalue weighted by molar-refractivity contribution is 6.31. The zero-order valence-electron chi connectivity index (χ0n) is 7.55. The van der Waals surface area contributed by atoms with Gasteiger partial charge in [-0.15, -0.1) is 6.42 Å². The van der Waals surface area contributed by atoms with Gasteiger partial charge in [0.25, 0.3) is 0 Å². The molecule has 13 heavy (non-hydrogen) atoms. The Morgan fingerprint density at radius 2 is 2.23 bits per heavy atom. The maximum Gasteiger partial charge on any atom is 0.0660 e. The number of nitrogens with one attached hydrogen (secondary N) is 1. The van der Waals surface area contributed by atoms with Crippen LogP contribution >= 0.6 is 11.6 Å². The quantitative estimate of drug-likeness (QED) is 0.728. The number of benzene rings is 1. The molecular weight excluding hydrogens is 182 g/mol. The fourth-order valence-electron chi connectivity index (χ4n) is 0.964. The van der Waals surface area contributed by atoms with Crippen LogP contribution in [0.25, 0.3) is 0 Å². The minimum Gasteiger partial charge on any atom is -0.300 e. The highest BCUT2D eigenvalue weighted by atomic mass is 35.5. The van der Waals surface area contributed by atoms with Gasteiger partial charge in [0.2, 0.25) is 0 Å². The van der Waals surface area contributed by atoms with Crippen LogP contribution < -0.4 is 5.32 Å². The first kappa shape index (κ1) is 10.1. The molecule has 0 amide bonds. The highest BCUT2D eigenvalue weighted by Crippen LogP contribution is 2.14. The van der Waals surface area contributed by atoms with Crippen molar-refractivity contribution in [3.05, 3.63) is 34.9 Å². The summed E-state index contributed by atoms with van der Waals surface area (Å²) in [5, 5.41) is 3.95. The van der Waals surface area contributed by atoms with E-state index in [-0.39, 0.29) is 6.04 Å². The molecule has 1 unspecified atom stereocenters. The molecule has 1 nitrogen and oxygen atoms in total. The van der Waals surface area contributed by atoms with Crippen molar-refractivity contribution in [1.29, 1.82) is 0 Å². The van der Waals surface area contributed by atoms with Crippen molar-refractivity contribution in [3.8, 4) is 12.3 Å². The van der Waals surface area contributed by atoms with Gasteiger partial charge in [0.15, 0.2) is 0 Å². The predicted molar refractivity (Wildman–Crippen MR) is 56.6 cm³/mol. The van der Waals surface area contributed by atoms with E-state index in [9.17, 15) is 0 Å². The van der Waals surface area contributed by atoms with Crippen molar-refractivity contribution >= 4 is 11.6 Å². The van der Waals surface area contributed by atoms with Crippen LogP contribution in [0.2, 0.25) is 5.02 Å². The summed E-state index contributed by atoms with van der Waals surface area (Å²) in [6, 6.07) is 7.81. The smallest absolute Gasteiger partial charge is 0.0660 e. The van der Waals surface area contributed by atoms with Crippen LogP contribution in [0.3, 0.4) is 0 Å². The Kier molecular flexibility index (Phi) is 3.82. The molecule has 68 valence electrons. The second-order valence-electron chi connectivity index (χ2n) is 2.86. The first-order valence-corrected chi connectivity index (χ1v) is 4.54. The van der Waals surface area contributed by atoms with Gasteiger partial charge in [-0.05, 0) is 18.6 Å². The SMILES string of the molecule is C#CC(C)NCc1ccccc1Cl. The first-order chi connectivity index (χ1) is 6.24. The molecule has 0 aliphatic heterocycles. The fraction of sp³-hybridized carbons (Fsp3) is 0.273. The number of halogens is 1. The van der Waals surface area contributed by atoms with Crippen molar-refractivity contribution in [2.75, 3.05) is 0 Å². The van der Waals surface area contributed by atoms with Gasteiger partial charge in [-0.3, -0.25) is 5.32 Å². The molecule has 1 rings (SSSR count). The van der Waals surface area contributed by atoms with Crippen LogP contribution in [-0.4, -0.2) is 6.04 Å². The van der Waals surface area contributed by atoms with Gasteiger partial charge in [0.05, 0.1) is 6.04 Å². The summed E-state index contributed by atoms with van der Waals surface area (Å²) in [6.07, 6.45) is 5.23. The molecule has 2 heteroatoms. The zero-order valence-corrected chi connectivity index (χ0v) is 8.31. The Bertz CT molecular complexity index is 314. The summed E-state index contributed by atoms with van der Waals surface area (Å²) in [5.74, 6) is 2.60. The van der Waals surface area contributed by atoms with Gasteiger partial charge in [-0.25, -0.2) is 0 Å². The maximum atomic E-state index is 5.96. The Hall–Kier alpha value is -0.970. The zero-order chi connectivity index (χ0) is 9.68. The summed E-state index contributed by atoms with van der Waals surface area (Å²) < 4.78 is 0. The van der Waals surface area contributed by atoms with Gasteiger partial charge >= 0.3 is 0 Å². The normalized spacial score (nSPS) is 12.1. The Morgan fingerprint density at radius 1 is 1.54 bits per heavy atom. The molecule has 0 bridgehead atoms. The van der Waals surface area contributed by atoms with Gasteiger partial charge < -0.3 is 0 Å². The number of terminal acetylenes is 1. The minimum atomic E-state index is 0.0799. The molecule has 0 aromatic heterocycles. The number of rotatable bonds is 3. The van der Waals surface area contributed by atoms with Crippen LogP contribution in [0.15, 0.2) is 24.3 Å². The van der Waals surface area contributed by atoms with E-state index in [2.05, 4.69) is 11.2 Å². The topological polar surface area (TPSA) is 12.0 Å². The van der Waals surface area contributed by atoms with E-state index < -0.39 is 0 Å². The van der Waals surface area contributed by atoms with Crippen molar-refractivity contribution < 1.29 is 0 Å².